The highest BCUT2D eigenvalue weighted by Gasteiger charge is 2.21. The van der Waals surface area contributed by atoms with Crippen molar-refractivity contribution in [3.63, 3.8) is 0 Å². The van der Waals surface area contributed by atoms with Gasteiger partial charge in [-0.3, -0.25) is 4.79 Å². The molecule has 0 bridgehead atoms. The maximum atomic E-state index is 11.9. The number of sulfone groups is 1. The molecule has 1 heterocycles. The van der Waals surface area contributed by atoms with E-state index in [1.807, 2.05) is 0 Å². The van der Waals surface area contributed by atoms with Crippen LogP contribution in [0.5, 0.6) is 0 Å². The van der Waals surface area contributed by atoms with Crippen LogP contribution in [-0.4, -0.2) is 45.0 Å². The highest BCUT2D eigenvalue weighted by molar-refractivity contribution is 7.90. The van der Waals surface area contributed by atoms with Gasteiger partial charge in [0.15, 0.2) is 0 Å². The van der Waals surface area contributed by atoms with Crippen LogP contribution in [0.4, 0.5) is 0 Å². The Kier molecular flexibility index (Phi) is 5.39. The predicted molar refractivity (Wildman–Crippen MR) is 67.6 cm³/mol. The molecule has 0 saturated carbocycles. The van der Waals surface area contributed by atoms with Crippen molar-refractivity contribution in [1.82, 2.24) is 10.6 Å². The van der Waals surface area contributed by atoms with Gasteiger partial charge in [0.05, 0.1) is 11.8 Å². The molecule has 0 aromatic heterocycles. The monoisotopic (exact) mass is 262 g/mol. The van der Waals surface area contributed by atoms with Crippen LogP contribution in [-0.2, 0) is 14.6 Å². The van der Waals surface area contributed by atoms with Gasteiger partial charge < -0.3 is 10.6 Å². The number of carbonyl (C=O) groups is 1. The normalized spacial score (nSPS) is 23.8. The van der Waals surface area contributed by atoms with Crippen molar-refractivity contribution in [3.05, 3.63) is 0 Å². The molecule has 0 radical (unpaired) electrons. The van der Waals surface area contributed by atoms with Gasteiger partial charge in [0.1, 0.15) is 9.84 Å². The fourth-order valence-corrected chi connectivity index (χ4v) is 3.08. The average Bonchev–Trinajstić information content (AvgIpc) is 2.41. The second kappa shape index (κ2) is 6.35. The molecule has 1 rings (SSSR count). The van der Waals surface area contributed by atoms with Crippen molar-refractivity contribution in [2.75, 3.05) is 18.6 Å². The molecule has 1 fully saturated rings. The van der Waals surface area contributed by atoms with E-state index in [9.17, 15) is 13.2 Å². The third-order valence-corrected chi connectivity index (χ3v) is 3.92. The van der Waals surface area contributed by atoms with Crippen LogP contribution in [0.2, 0.25) is 0 Å². The second-order valence-corrected chi connectivity index (χ2v) is 7.04. The van der Waals surface area contributed by atoms with E-state index in [1.165, 1.54) is 6.26 Å². The number of amides is 1. The first kappa shape index (κ1) is 14.4. The summed E-state index contributed by atoms with van der Waals surface area (Å²) in [4.78, 5) is 11.9. The molecule has 0 spiro atoms. The van der Waals surface area contributed by atoms with Gasteiger partial charge >= 0.3 is 0 Å². The van der Waals surface area contributed by atoms with Gasteiger partial charge in [0.2, 0.25) is 5.91 Å². The number of carbonyl (C=O) groups excluding carboxylic acids is 1. The van der Waals surface area contributed by atoms with Gasteiger partial charge in [-0.05, 0) is 26.3 Å². The maximum absolute atomic E-state index is 11.9. The van der Waals surface area contributed by atoms with Crippen molar-refractivity contribution in [2.45, 2.75) is 44.7 Å². The molecular weight excluding hydrogens is 240 g/mol. The summed E-state index contributed by atoms with van der Waals surface area (Å²) in [7, 11) is -3.04. The number of hydrogen-bond acceptors (Lipinski definition) is 4. The van der Waals surface area contributed by atoms with Gasteiger partial charge in [-0.25, -0.2) is 8.42 Å². The lowest BCUT2D eigenvalue weighted by molar-refractivity contribution is -0.123. The molecule has 100 valence electrons. The van der Waals surface area contributed by atoms with Crippen molar-refractivity contribution >= 4 is 15.7 Å². The lowest BCUT2D eigenvalue weighted by Gasteiger charge is -2.19. The molecule has 2 atom stereocenters. The van der Waals surface area contributed by atoms with E-state index in [-0.39, 0.29) is 23.7 Å². The predicted octanol–water partition coefficient (Wildman–Crippen LogP) is 0.0679. The quantitative estimate of drug-likeness (QED) is 0.752. The summed E-state index contributed by atoms with van der Waals surface area (Å²) < 4.78 is 22.2. The van der Waals surface area contributed by atoms with Crippen molar-refractivity contribution < 1.29 is 13.2 Å². The fraction of sp³-hybridized carbons (Fsp3) is 0.909. The van der Waals surface area contributed by atoms with E-state index in [4.69, 9.17) is 0 Å². The Balaban J connectivity index is 2.42. The third kappa shape index (κ3) is 6.02. The molecule has 0 aromatic carbocycles. The third-order valence-electron chi connectivity index (χ3n) is 2.82. The van der Waals surface area contributed by atoms with E-state index in [1.54, 1.807) is 6.92 Å². The Morgan fingerprint density at radius 2 is 2.12 bits per heavy atom. The Morgan fingerprint density at radius 1 is 1.41 bits per heavy atom. The van der Waals surface area contributed by atoms with E-state index in [0.29, 0.717) is 0 Å². The number of rotatable bonds is 4. The summed E-state index contributed by atoms with van der Waals surface area (Å²) >= 11 is 0. The van der Waals surface area contributed by atoms with Crippen molar-refractivity contribution in [3.8, 4) is 0 Å². The Hall–Kier alpha value is -0.620. The topological polar surface area (TPSA) is 75.3 Å². The smallest absolute Gasteiger partial charge is 0.237 e. The lowest BCUT2D eigenvalue weighted by Crippen LogP contribution is -2.48. The lowest BCUT2D eigenvalue weighted by atomic mass is 10.1. The summed E-state index contributed by atoms with van der Waals surface area (Å²) in [5.41, 5.74) is 0. The van der Waals surface area contributed by atoms with Gasteiger partial charge in [-0.2, -0.15) is 0 Å². The molecule has 1 saturated heterocycles. The van der Waals surface area contributed by atoms with Crippen molar-refractivity contribution in [1.29, 1.82) is 0 Å². The van der Waals surface area contributed by atoms with Crippen LogP contribution in [0.1, 0.15) is 32.6 Å². The highest BCUT2D eigenvalue weighted by atomic mass is 32.2. The summed E-state index contributed by atoms with van der Waals surface area (Å²) in [6.07, 6.45) is 5.31. The molecule has 17 heavy (non-hydrogen) atoms. The Morgan fingerprint density at radius 3 is 2.76 bits per heavy atom. The minimum Gasteiger partial charge on any atom is -0.351 e. The SMILES string of the molecule is CC(CS(C)(=O)=O)NC(=O)C1CCCCCN1. The number of nitrogens with one attached hydrogen (secondary N) is 2. The number of hydrogen-bond donors (Lipinski definition) is 2. The van der Waals surface area contributed by atoms with Gasteiger partial charge in [-0.1, -0.05) is 12.8 Å². The first-order valence-corrected chi connectivity index (χ1v) is 8.16. The highest BCUT2D eigenvalue weighted by Crippen LogP contribution is 2.08. The first-order chi connectivity index (χ1) is 7.88. The zero-order valence-corrected chi connectivity index (χ0v) is 11.3. The van der Waals surface area contributed by atoms with Crippen LogP contribution < -0.4 is 10.6 Å². The molecule has 1 aliphatic heterocycles. The summed E-state index contributed by atoms with van der Waals surface area (Å²) in [5, 5.41) is 5.94. The zero-order valence-electron chi connectivity index (χ0n) is 10.5. The Bertz CT molecular complexity index is 346. The minimum absolute atomic E-state index is 0.00847. The van der Waals surface area contributed by atoms with Gasteiger partial charge in [0.25, 0.3) is 0 Å². The van der Waals surface area contributed by atoms with E-state index in [0.717, 1.165) is 32.2 Å². The average molecular weight is 262 g/mol. The molecule has 1 aliphatic rings. The van der Waals surface area contributed by atoms with E-state index >= 15 is 0 Å². The maximum Gasteiger partial charge on any atom is 0.237 e. The Labute approximate surface area is 103 Å². The standard InChI is InChI=1S/C11H22N2O3S/c1-9(8-17(2,15)16)13-11(14)10-6-4-3-5-7-12-10/h9-10,12H,3-8H2,1-2H3,(H,13,14). The van der Waals surface area contributed by atoms with Crippen molar-refractivity contribution in [2.24, 2.45) is 0 Å². The fourth-order valence-electron chi connectivity index (χ4n) is 2.09. The van der Waals surface area contributed by atoms with E-state index < -0.39 is 9.84 Å². The molecule has 0 aromatic rings. The van der Waals surface area contributed by atoms with Gasteiger partial charge in [-0.15, -0.1) is 0 Å². The molecule has 6 heteroatoms. The molecule has 5 nitrogen and oxygen atoms in total. The summed E-state index contributed by atoms with van der Waals surface area (Å²) in [6.45, 7) is 2.58. The van der Waals surface area contributed by atoms with Gasteiger partial charge in [0, 0.05) is 12.3 Å². The molecule has 2 N–H and O–H groups in total. The minimum atomic E-state index is -3.04. The van der Waals surface area contributed by atoms with Crippen LogP contribution in [0.25, 0.3) is 0 Å². The molecule has 0 aliphatic carbocycles. The van der Waals surface area contributed by atoms with Crippen LogP contribution in [0.15, 0.2) is 0 Å². The van der Waals surface area contributed by atoms with Crippen LogP contribution >= 0.6 is 0 Å². The zero-order chi connectivity index (χ0) is 12.9. The van der Waals surface area contributed by atoms with E-state index in [2.05, 4.69) is 10.6 Å². The molecular formula is C11H22N2O3S. The second-order valence-electron chi connectivity index (χ2n) is 4.86. The first-order valence-electron chi connectivity index (χ1n) is 6.10. The molecule has 2 unspecified atom stereocenters. The van der Waals surface area contributed by atoms with Crippen LogP contribution in [0, 0.1) is 0 Å². The largest absolute Gasteiger partial charge is 0.351 e. The summed E-state index contributed by atoms with van der Waals surface area (Å²) in [6, 6.07) is -0.498. The van der Waals surface area contributed by atoms with Crippen LogP contribution in [0.3, 0.4) is 0 Å². The summed E-state index contributed by atoms with van der Waals surface area (Å²) in [5.74, 6) is -0.0890. The molecule has 1 amide bonds.